The fraction of sp³-hybridized carbons (Fsp3) is 0.316. The minimum absolute atomic E-state index is 0.0173. The average Bonchev–Trinajstić information content (AvgIpc) is 3.04. The smallest absolute Gasteiger partial charge is 0.254 e. The maximum atomic E-state index is 12.9. The highest BCUT2D eigenvalue weighted by Gasteiger charge is 2.29. The summed E-state index contributed by atoms with van der Waals surface area (Å²) in [6.07, 6.45) is 2.01. The van der Waals surface area contributed by atoms with Crippen LogP contribution in [0.4, 0.5) is 0 Å². The summed E-state index contributed by atoms with van der Waals surface area (Å²) in [4.78, 5) is 14.7. The van der Waals surface area contributed by atoms with Crippen LogP contribution in [0.1, 0.15) is 33.9 Å². The van der Waals surface area contributed by atoms with Crippen LogP contribution in [0.15, 0.2) is 42.5 Å². The van der Waals surface area contributed by atoms with Gasteiger partial charge in [-0.25, -0.2) is 0 Å². The monoisotopic (exact) mass is 309 g/mol. The van der Waals surface area contributed by atoms with Crippen molar-refractivity contribution in [1.82, 2.24) is 4.90 Å². The lowest BCUT2D eigenvalue weighted by atomic mass is 10.1. The Morgan fingerprint density at radius 2 is 1.87 bits per heavy atom. The summed E-state index contributed by atoms with van der Waals surface area (Å²) < 4.78 is 11.1. The first kappa shape index (κ1) is 14.1. The lowest BCUT2D eigenvalue weighted by molar-refractivity contribution is 0.0729. The molecule has 1 aliphatic heterocycles. The van der Waals surface area contributed by atoms with Gasteiger partial charge in [0.05, 0.1) is 6.04 Å². The molecule has 4 heteroatoms. The topological polar surface area (TPSA) is 38.8 Å². The van der Waals surface area contributed by atoms with E-state index in [1.165, 1.54) is 11.1 Å². The molecule has 4 nitrogen and oxygen atoms in total. The second kappa shape index (κ2) is 5.61. The lowest BCUT2D eigenvalue weighted by Gasteiger charge is -2.26. The van der Waals surface area contributed by atoms with Crippen molar-refractivity contribution in [3.8, 4) is 11.5 Å². The van der Waals surface area contributed by atoms with Crippen LogP contribution >= 0.6 is 0 Å². The molecule has 1 atom stereocenters. The number of benzene rings is 2. The Morgan fingerprint density at radius 3 is 2.74 bits per heavy atom. The number of nitrogens with zero attached hydrogens (tertiary/aromatic N) is 1. The second-order valence-electron chi connectivity index (χ2n) is 6.03. The van der Waals surface area contributed by atoms with Gasteiger partial charge < -0.3 is 14.4 Å². The molecular weight excluding hydrogens is 290 g/mol. The Labute approximate surface area is 135 Å². The van der Waals surface area contributed by atoms with Gasteiger partial charge >= 0.3 is 0 Å². The maximum Gasteiger partial charge on any atom is 0.254 e. The van der Waals surface area contributed by atoms with Crippen molar-refractivity contribution in [3.63, 3.8) is 0 Å². The van der Waals surface area contributed by atoms with E-state index in [4.69, 9.17) is 9.47 Å². The van der Waals surface area contributed by atoms with Crippen molar-refractivity contribution >= 4 is 5.91 Å². The zero-order chi connectivity index (χ0) is 15.8. The number of carbonyl (C=O) groups excluding carboxylic acids is 1. The molecule has 0 saturated heterocycles. The molecule has 0 bridgehead atoms. The number of amides is 1. The molecule has 2 aliphatic rings. The summed E-state index contributed by atoms with van der Waals surface area (Å²) >= 11 is 0. The molecule has 0 aromatic heterocycles. The number of carbonyl (C=O) groups is 1. The third-order valence-electron chi connectivity index (χ3n) is 4.68. The fourth-order valence-corrected chi connectivity index (χ4v) is 3.46. The van der Waals surface area contributed by atoms with Gasteiger partial charge in [-0.15, -0.1) is 0 Å². The van der Waals surface area contributed by atoms with Crippen LogP contribution in [-0.2, 0) is 6.42 Å². The van der Waals surface area contributed by atoms with Crippen molar-refractivity contribution in [2.45, 2.75) is 18.9 Å². The van der Waals surface area contributed by atoms with Crippen LogP contribution in [0.5, 0.6) is 11.5 Å². The highest BCUT2D eigenvalue weighted by Crippen LogP contribution is 2.36. The molecule has 2 aromatic carbocycles. The number of fused-ring (bicyclic) bond motifs is 2. The van der Waals surface area contributed by atoms with E-state index in [1.807, 2.05) is 30.1 Å². The molecule has 1 amide bonds. The first-order valence-corrected chi connectivity index (χ1v) is 7.98. The van der Waals surface area contributed by atoms with E-state index >= 15 is 0 Å². The minimum Gasteiger partial charge on any atom is -0.486 e. The number of aryl methyl sites for hydroxylation is 1. The van der Waals surface area contributed by atoms with Crippen molar-refractivity contribution in [3.05, 3.63) is 59.2 Å². The molecule has 1 heterocycles. The van der Waals surface area contributed by atoms with Crippen LogP contribution in [0.2, 0.25) is 0 Å². The van der Waals surface area contributed by atoms with E-state index in [-0.39, 0.29) is 11.9 Å². The quantitative estimate of drug-likeness (QED) is 0.855. The van der Waals surface area contributed by atoms with Gasteiger partial charge in [0.1, 0.15) is 13.2 Å². The number of hydrogen-bond acceptors (Lipinski definition) is 3. The van der Waals surface area contributed by atoms with Crippen molar-refractivity contribution in [2.75, 3.05) is 20.3 Å². The molecule has 4 rings (SSSR count). The highest BCUT2D eigenvalue weighted by molar-refractivity contribution is 5.95. The fourth-order valence-electron chi connectivity index (χ4n) is 3.46. The van der Waals surface area contributed by atoms with E-state index in [2.05, 4.69) is 18.2 Å². The van der Waals surface area contributed by atoms with Gasteiger partial charge in [0.15, 0.2) is 11.5 Å². The third-order valence-corrected chi connectivity index (χ3v) is 4.68. The van der Waals surface area contributed by atoms with Crippen molar-refractivity contribution in [2.24, 2.45) is 0 Å². The normalized spacial score (nSPS) is 18.4. The zero-order valence-corrected chi connectivity index (χ0v) is 13.1. The largest absolute Gasteiger partial charge is 0.486 e. The standard InChI is InChI=1S/C19H19NO3/c1-20(16-8-6-13-4-2-3-5-15(13)16)19(21)14-7-9-17-18(12-14)23-11-10-22-17/h2-5,7,9,12,16H,6,8,10-11H2,1H3. The number of hydrogen-bond donors (Lipinski definition) is 0. The molecule has 1 aliphatic carbocycles. The Balaban J connectivity index is 1.60. The molecule has 23 heavy (non-hydrogen) atoms. The first-order chi connectivity index (χ1) is 11.2. The SMILES string of the molecule is CN(C(=O)c1ccc2c(c1)OCCO2)C1CCc2ccccc21. The van der Waals surface area contributed by atoms with E-state index < -0.39 is 0 Å². The van der Waals surface area contributed by atoms with Gasteiger partial charge in [0.25, 0.3) is 5.91 Å². The summed E-state index contributed by atoms with van der Waals surface area (Å²) in [5, 5.41) is 0. The zero-order valence-electron chi connectivity index (χ0n) is 13.1. The highest BCUT2D eigenvalue weighted by atomic mass is 16.6. The van der Waals surface area contributed by atoms with Crippen LogP contribution in [0.3, 0.4) is 0 Å². The Hall–Kier alpha value is -2.49. The van der Waals surface area contributed by atoms with Crippen LogP contribution in [-0.4, -0.2) is 31.1 Å². The van der Waals surface area contributed by atoms with E-state index in [1.54, 1.807) is 6.07 Å². The molecular formula is C19H19NO3. The first-order valence-electron chi connectivity index (χ1n) is 7.98. The summed E-state index contributed by atoms with van der Waals surface area (Å²) in [6.45, 7) is 1.08. The molecule has 0 radical (unpaired) electrons. The van der Waals surface area contributed by atoms with Crippen molar-refractivity contribution < 1.29 is 14.3 Å². The number of ether oxygens (including phenoxy) is 2. The number of rotatable bonds is 2. The van der Waals surface area contributed by atoms with Gasteiger partial charge in [-0.3, -0.25) is 4.79 Å². The molecule has 0 N–H and O–H groups in total. The molecule has 2 aromatic rings. The van der Waals surface area contributed by atoms with Crippen molar-refractivity contribution in [1.29, 1.82) is 0 Å². The summed E-state index contributed by atoms with van der Waals surface area (Å²) in [5.41, 5.74) is 3.25. The lowest BCUT2D eigenvalue weighted by Crippen LogP contribution is -2.30. The Morgan fingerprint density at radius 1 is 1.09 bits per heavy atom. The van der Waals surface area contributed by atoms with Crippen LogP contribution in [0, 0.1) is 0 Å². The average molecular weight is 309 g/mol. The van der Waals surface area contributed by atoms with Gasteiger partial charge in [-0.1, -0.05) is 24.3 Å². The van der Waals surface area contributed by atoms with Crippen LogP contribution in [0.25, 0.3) is 0 Å². The van der Waals surface area contributed by atoms with Crippen LogP contribution < -0.4 is 9.47 Å². The van der Waals surface area contributed by atoms with E-state index in [0.29, 0.717) is 30.3 Å². The van der Waals surface area contributed by atoms with Gasteiger partial charge in [0, 0.05) is 12.6 Å². The third kappa shape index (κ3) is 2.44. The van der Waals surface area contributed by atoms with E-state index in [9.17, 15) is 4.79 Å². The summed E-state index contributed by atoms with van der Waals surface area (Å²) in [7, 11) is 1.88. The second-order valence-corrected chi connectivity index (χ2v) is 6.03. The predicted molar refractivity (Wildman–Crippen MR) is 87.0 cm³/mol. The molecule has 0 spiro atoms. The van der Waals surface area contributed by atoms with Gasteiger partial charge in [-0.05, 0) is 42.2 Å². The molecule has 118 valence electrons. The molecule has 0 fully saturated rings. The van der Waals surface area contributed by atoms with Gasteiger partial charge in [0.2, 0.25) is 0 Å². The summed E-state index contributed by atoms with van der Waals surface area (Å²) in [6, 6.07) is 13.9. The Kier molecular flexibility index (Phi) is 3.45. The molecule has 1 unspecified atom stereocenters. The molecule has 0 saturated carbocycles. The summed E-state index contributed by atoms with van der Waals surface area (Å²) in [5.74, 6) is 1.38. The minimum atomic E-state index is 0.0173. The Bertz CT molecular complexity index is 756. The van der Waals surface area contributed by atoms with Gasteiger partial charge in [-0.2, -0.15) is 0 Å². The van der Waals surface area contributed by atoms with E-state index in [0.717, 1.165) is 12.8 Å². The predicted octanol–water partition coefficient (Wildman–Crippen LogP) is 3.22. The maximum absolute atomic E-state index is 12.9.